The summed E-state index contributed by atoms with van der Waals surface area (Å²) in [6, 6.07) is 10.3. The number of aromatic nitrogens is 1. The van der Waals surface area contributed by atoms with Gasteiger partial charge in [0.1, 0.15) is 5.82 Å². The number of rotatable bonds is 8. The highest BCUT2D eigenvalue weighted by atomic mass is 19.1. The second-order valence-corrected chi connectivity index (χ2v) is 6.96. The number of methoxy groups -OCH3 is 1. The number of nitrogens with zero attached hydrogens (tertiary/aromatic N) is 1. The number of aliphatic hydroxyl groups is 2. The Morgan fingerprint density at radius 3 is 2.60 bits per heavy atom. The number of benzene rings is 2. The molecule has 1 aromatic heterocycles. The normalized spacial score (nSPS) is 13.0. The Morgan fingerprint density at radius 2 is 1.93 bits per heavy atom. The van der Waals surface area contributed by atoms with E-state index in [2.05, 4.69) is 15.6 Å². The zero-order valence-corrected chi connectivity index (χ0v) is 16.7. The predicted octanol–water partition coefficient (Wildman–Crippen LogP) is 2.64. The van der Waals surface area contributed by atoms with Crippen molar-refractivity contribution < 1.29 is 24.1 Å². The number of halogens is 1. The summed E-state index contributed by atoms with van der Waals surface area (Å²) >= 11 is 0. The summed E-state index contributed by atoms with van der Waals surface area (Å²) in [7, 11) is 1.37. The van der Waals surface area contributed by atoms with Crippen LogP contribution in [0.5, 0.6) is 5.75 Å². The van der Waals surface area contributed by atoms with E-state index in [1.807, 2.05) is 6.92 Å². The predicted molar refractivity (Wildman–Crippen MR) is 112 cm³/mol. The molecule has 0 aliphatic rings. The maximum absolute atomic E-state index is 14.0. The van der Waals surface area contributed by atoms with Gasteiger partial charge in [0.25, 0.3) is 5.91 Å². The third-order valence-electron chi connectivity index (χ3n) is 4.72. The summed E-state index contributed by atoms with van der Waals surface area (Å²) in [4.78, 5) is 17.0. The number of aliphatic hydroxyl groups excluding tert-OH is 2. The van der Waals surface area contributed by atoms with E-state index in [1.165, 1.54) is 19.2 Å². The van der Waals surface area contributed by atoms with E-state index in [0.29, 0.717) is 16.9 Å². The molecule has 2 atom stereocenters. The van der Waals surface area contributed by atoms with E-state index in [-0.39, 0.29) is 25.0 Å². The van der Waals surface area contributed by atoms with Gasteiger partial charge in [-0.1, -0.05) is 12.1 Å². The second-order valence-electron chi connectivity index (χ2n) is 6.96. The van der Waals surface area contributed by atoms with Crippen molar-refractivity contribution in [2.45, 2.75) is 19.0 Å². The molecule has 0 spiro atoms. The first-order valence-electron chi connectivity index (χ1n) is 9.47. The lowest BCUT2D eigenvalue weighted by atomic mass is 10.0. The van der Waals surface area contributed by atoms with Gasteiger partial charge in [-0.2, -0.15) is 0 Å². The monoisotopic (exact) mass is 413 g/mol. The first-order chi connectivity index (χ1) is 14.4. The lowest BCUT2D eigenvalue weighted by Crippen LogP contribution is -2.30. The zero-order chi connectivity index (χ0) is 21.7. The molecule has 3 aromatic rings. The summed E-state index contributed by atoms with van der Waals surface area (Å²) in [5, 5.41) is 26.3. The van der Waals surface area contributed by atoms with Crippen molar-refractivity contribution in [2.75, 3.05) is 25.6 Å². The SMILES string of the molecule is COc1ccc([C@@H](CO)NC(=O)c2ccc3cnc(NC(C)CO)cc3c2)cc1F. The summed E-state index contributed by atoms with van der Waals surface area (Å²) in [5.74, 6) is -0.298. The number of carbonyl (C=O) groups excluding carboxylic acids is 1. The number of pyridine rings is 1. The Morgan fingerprint density at radius 1 is 1.13 bits per heavy atom. The van der Waals surface area contributed by atoms with Crippen molar-refractivity contribution in [1.82, 2.24) is 10.3 Å². The molecule has 2 aromatic carbocycles. The molecule has 0 radical (unpaired) electrons. The lowest BCUT2D eigenvalue weighted by Gasteiger charge is -2.18. The van der Waals surface area contributed by atoms with Gasteiger partial charge in [-0.05, 0) is 48.2 Å². The Labute approximate surface area is 173 Å². The molecule has 0 saturated heterocycles. The number of fused-ring (bicyclic) bond motifs is 1. The van der Waals surface area contributed by atoms with Gasteiger partial charge >= 0.3 is 0 Å². The standard InChI is InChI=1S/C22H24FN3O4/c1-13(11-27)25-21-9-17-7-15(3-4-16(17)10-24-21)22(29)26-19(12-28)14-5-6-20(30-2)18(23)8-14/h3-10,13,19,27-28H,11-12H2,1-2H3,(H,24,25)(H,26,29)/t13?,19-/m1/s1. The smallest absolute Gasteiger partial charge is 0.251 e. The van der Waals surface area contributed by atoms with Gasteiger partial charge in [-0.15, -0.1) is 0 Å². The Balaban J connectivity index is 1.81. The van der Waals surface area contributed by atoms with Crippen LogP contribution in [-0.4, -0.2) is 47.5 Å². The van der Waals surface area contributed by atoms with E-state index in [9.17, 15) is 19.4 Å². The van der Waals surface area contributed by atoms with Crippen molar-refractivity contribution in [3.63, 3.8) is 0 Å². The molecular weight excluding hydrogens is 389 g/mol. The van der Waals surface area contributed by atoms with E-state index in [1.54, 1.807) is 36.5 Å². The van der Waals surface area contributed by atoms with Gasteiger partial charge < -0.3 is 25.6 Å². The van der Waals surface area contributed by atoms with Crippen LogP contribution in [-0.2, 0) is 0 Å². The molecule has 0 bridgehead atoms. The molecular formula is C22H24FN3O4. The van der Waals surface area contributed by atoms with Crippen LogP contribution in [0.3, 0.4) is 0 Å². The minimum absolute atomic E-state index is 0.0311. The number of amides is 1. The largest absolute Gasteiger partial charge is 0.494 e. The van der Waals surface area contributed by atoms with E-state index < -0.39 is 17.8 Å². The maximum Gasteiger partial charge on any atom is 0.251 e. The number of hydrogen-bond acceptors (Lipinski definition) is 6. The number of nitrogens with one attached hydrogen (secondary N) is 2. The minimum atomic E-state index is -0.770. The number of carbonyl (C=O) groups is 1. The molecule has 1 amide bonds. The van der Waals surface area contributed by atoms with E-state index >= 15 is 0 Å². The fourth-order valence-corrected chi connectivity index (χ4v) is 3.03. The first kappa shape index (κ1) is 21.5. The van der Waals surface area contributed by atoms with E-state index in [4.69, 9.17) is 4.74 Å². The quantitative estimate of drug-likeness (QED) is 0.453. The van der Waals surface area contributed by atoms with Crippen molar-refractivity contribution in [2.24, 2.45) is 0 Å². The average molecular weight is 413 g/mol. The summed E-state index contributed by atoms with van der Waals surface area (Å²) in [6.45, 7) is 1.41. The van der Waals surface area contributed by atoms with Gasteiger partial charge in [-0.25, -0.2) is 9.37 Å². The summed E-state index contributed by atoms with van der Waals surface area (Å²) < 4.78 is 18.9. The van der Waals surface area contributed by atoms with Gasteiger partial charge in [-0.3, -0.25) is 4.79 Å². The molecule has 8 heteroatoms. The lowest BCUT2D eigenvalue weighted by molar-refractivity contribution is 0.0916. The third-order valence-corrected chi connectivity index (χ3v) is 4.72. The Hall–Kier alpha value is -3.23. The molecule has 7 nitrogen and oxygen atoms in total. The molecule has 158 valence electrons. The zero-order valence-electron chi connectivity index (χ0n) is 16.7. The van der Waals surface area contributed by atoms with Crippen LogP contribution >= 0.6 is 0 Å². The number of ether oxygens (including phenoxy) is 1. The van der Waals surface area contributed by atoms with Crippen molar-refractivity contribution in [1.29, 1.82) is 0 Å². The topological polar surface area (TPSA) is 104 Å². The number of anilines is 1. The molecule has 3 rings (SSSR count). The van der Waals surface area contributed by atoms with Crippen molar-refractivity contribution in [3.8, 4) is 5.75 Å². The van der Waals surface area contributed by atoms with Gasteiger partial charge in [0.05, 0.1) is 26.4 Å². The summed E-state index contributed by atoms with van der Waals surface area (Å²) in [5.41, 5.74) is 0.820. The van der Waals surface area contributed by atoms with Gasteiger partial charge in [0.15, 0.2) is 11.6 Å². The molecule has 1 unspecified atom stereocenters. The van der Waals surface area contributed by atoms with Gasteiger partial charge in [0.2, 0.25) is 0 Å². The fraction of sp³-hybridized carbons (Fsp3) is 0.273. The third kappa shape index (κ3) is 4.84. The average Bonchev–Trinajstić information content (AvgIpc) is 2.76. The highest BCUT2D eigenvalue weighted by molar-refractivity contribution is 5.99. The second kappa shape index (κ2) is 9.51. The van der Waals surface area contributed by atoms with E-state index in [0.717, 1.165) is 10.8 Å². The molecule has 0 aliphatic carbocycles. The van der Waals surface area contributed by atoms with Crippen LogP contribution in [0, 0.1) is 5.82 Å². The maximum atomic E-state index is 14.0. The Bertz CT molecular complexity index is 1040. The van der Waals surface area contributed by atoms with Crippen LogP contribution in [0.2, 0.25) is 0 Å². The van der Waals surface area contributed by atoms with Crippen LogP contribution in [0.1, 0.15) is 28.9 Å². The van der Waals surface area contributed by atoms with Crippen LogP contribution < -0.4 is 15.4 Å². The number of hydrogen-bond donors (Lipinski definition) is 4. The minimum Gasteiger partial charge on any atom is -0.494 e. The highest BCUT2D eigenvalue weighted by Crippen LogP contribution is 2.23. The van der Waals surface area contributed by atoms with Crippen LogP contribution in [0.4, 0.5) is 10.2 Å². The van der Waals surface area contributed by atoms with Crippen LogP contribution in [0.25, 0.3) is 10.8 Å². The first-order valence-corrected chi connectivity index (χ1v) is 9.47. The molecule has 30 heavy (non-hydrogen) atoms. The molecule has 1 heterocycles. The van der Waals surface area contributed by atoms with Crippen LogP contribution in [0.15, 0.2) is 48.7 Å². The van der Waals surface area contributed by atoms with Gasteiger partial charge in [0, 0.05) is 23.2 Å². The molecule has 0 fully saturated rings. The van der Waals surface area contributed by atoms with Crippen molar-refractivity contribution in [3.05, 3.63) is 65.6 Å². The molecule has 0 saturated carbocycles. The Kier molecular flexibility index (Phi) is 6.81. The fourth-order valence-electron chi connectivity index (χ4n) is 3.03. The summed E-state index contributed by atoms with van der Waals surface area (Å²) in [6.07, 6.45) is 1.68. The van der Waals surface area contributed by atoms with Crippen molar-refractivity contribution >= 4 is 22.5 Å². The molecule has 4 N–H and O–H groups in total. The highest BCUT2D eigenvalue weighted by Gasteiger charge is 2.17. The molecule has 0 aliphatic heterocycles.